The Balaban J connectivity index is 2.31. The molecule has 3 nitrogen and oxygen atoms in total. The molecule has 2 aromatic rings. The zero-order valence-corrected chi connectivity index (χ0v) is 10.9. The molecule has 0 saturated carbocycles. The molecule has 0 spiro atoms. The second kappa shape index (κ2) is 6.05. The van der Waals surface area contributed by atoms with Crippen molar-refractivity contribution < 1.29 is 9.90 Å². The molecule has 0 aliphatic carbocycles. The second-order valence-electron chi connectivity index (χ2n) is 4.35. The summed E-state index contributed by atoms with van der Waals surface area (Å²) in [4.78, 5) is 10.6. The summed E-state index contributed by atoms with van der Waals surface area (Å²) in [6, 6.07) is 14.2. The lowest BCUT2D eigenvalue weighted by molar-refractivity contribution is -0.131. The molecule has 3 heteroatoms. The summed E-state index contributed by atoms with van der Waals surface area (Å²) in [7, 11) is 0. The van der Waals surface area contributed by atoms with Gasteiger partial charge in [-0.1, -0.05) is 37.3 Å². The average molecular weight is 255 g/mol. The second-order valence-corrected chi connectivity index (χ2v) is 4.35. The summed E-state index contributed by atoms with van der Waals surface area (Å²) >= 11 is 0. The van der Waals surface area contributed by atoms with Gasteiger partial charge in [-0.3, -0.25) is 0 Å². The Bertz CT molecular complexity index is 582. The van der Waals surface area contributed by atoms with Gasteiger partial charge in [0, 0.05) is 24.0 Å². The monoisotopic (exact) mass is 255 g/mol. The lowest BCUT2D eigenvalue weighted by Crippen LogP contribution is -2.05. The first-order valence-electron chi connectivity index (χ1n) is 6.34. The number of aromatic nitrogens is 1. The van der Waals surface area contributed by atoms with E-state index in [4.69, 9.17) is 5.11 Å². The SMILES string of the molecule is CCc1ccc(C=CC(=O)O)n1Cc1ccccc1. The first kappa shape index (κ1) is 13.1. The maximum absolute atomic E-state index is 10.6. The van der Waals surface area contributed by atoms with Crippen molar-refractivity contribution in [2.45, 2.75) is 19.9 Å². The van der Waals surface area contributed by atoms with Gasteiger partial charge in [-0.15, -0.1) is 0 Å². The van der Waals surface area contributed by atoms with Gasteiger partial charge >= 0.3 is 5.97 Å². The molecule has 2 rings (SSSR count). The minimum Gasteiger partial charge on any atom is -0.478 e. The molecule has 0 fully saturated rings. The van der Waals surface area contributed by atoms with Gasteiger partial charge in [0.2, 0.25) is 0 Å². The molecule has 19 heavy (non-hydrogen) atoms. The number of aryl methyl sites for hydroxylation is 1. The summed E-state index contributed by atoms with van der Waals surface area (Å²) in [5.74, 6) is -0.925. The van der Waals surface area contributed by atoms with E-state index in [9.17, 15) is 4.79 Å². The third-order valence-corrected chi connectivity index (χ3v) is 3.05. The van der Waals surface area contributed by atoms with E-state index in [-0.39, 0.29) is 0 Å². The van der Waals surface area contributed by atoms with Crippen LogP contribution in [0.3, 0.4) is 0 Å². The number of carbonyl (C=O) groups is 1. The first-order chi connectivity index (χ1) is 9.20. The first-order valence-corrected chi connectivity index (χ1v) is 6.34. The summed E-state index contributed by atoms with van der Waals surface area (Å²) in [6.07, 6.45) is 3.74. The Kier molecular flexibility index (Phi) is 4.18. The lowest BCUT2D eigenvalue weighted by Gasteiger charge is -2.11. The van der Waals surface area contributed by atoms with E-state index < -0.39 is 5.97 Å². The van der Waals surface area contributed by atoms with Crippen LogP contribution in [0.4, 0.5) is 0 Å². The standard InChI is InChI=1S/C16H17NO2/c1-2-14-8-9-15(10-11-16(18)19)17(14)12-13-6-4-3-5-7-13/h3-11H,2,12H2,1H3,(H,18,19). The molecule has 0 amide bonds. The van der Waals surface area contributed by atoms with E-state index in [1.54, 1.807) is 6.08 Å². The van der Waals surface area contributed by atoms with E-state index >= 15 is 0 Å². The summed E-state index contributed by atoms with van der Waals surface area (Å²) < 4.78 is 2.15. The number of carboxylic acid groups (broad SMARTS) is 1. The van der Waals surface area contributed by atoms with Crippen LogP contribution in [0.15, 0.2) is 48.5 Å². The van der Waals surface area contributed by atoms with Crippen LogP contribution < -0.4 is 0 Å². The van der Waals surface area contributed by atoms with Gasteiger partial charge in [0.05, 0.1) is 0 Å². The zero-order chi connectivity index (χ0) is 13.7. The third-order valence-electron chi connectivity index (χ3n) is 3.05. The van der Waals surface area contributed by atoms with Crippen molar-refractivity contribution in [3.8, 4) is 0 Å². The van der Waals surface area contributed by atoms with Crippen LogP contribution in [0.1, 0.15) is 23.9 Å². The van der Waals surface area contributed by atoms with E-state index in [0.29, 0.717) is 0 Å². The molecule has 98 valence electrons. The summed E-state index contributed by atoms with van der Waals surface area (Å²) in [6.45, 7) is 2.86. The Morgan fingerprint density at radius 3 is 2.58 bits per heavy atom. The third kappa shape index (κ3) is 3.35. The average Bonchev–Trinajstić information content (AvgIpc) is 2.80. The zero-order valence-electron chi connectivity index (χ0n) is 10.9. The van der Waals surface area contributed by atoms with Gasteiger partial charge in [0.25, 0.3) is 0 Å². The van der Waals surface area contributed by atoms with Crippen LogP contribution in [0.2, 0.25) is 0 Å². The summed E-state index contributed by atoms with van der Waals surface area (Å²) in [5.41, 5.74) is 3.33. The van der Waals surface area contributed by atoms with Crippen molar-refractivity contribution in [2.75, 3.05) is 0 Å². The van der Waals surface area contributed by atoms with Crippen molar-refractivity contribution in [3.05, 3.63) is 65.5 Å². The van der Waals surface area contributed by atoms with Gasteiger partial charge in [-0.2, -0.15) is 0 Å². The number of carboxylic acids is 1. The van der Waals surface area contributed by atoms with Gasteiger partial charge < -0.3 is 9.67 Å². The fraction of sp³-hybridized carbons (Fsp3) is 0.188. The van der Waals surface area contributed by atoms with E-state index in [2.05, 4.69) is 23.6 Å². The minimum absolute atomic E-state index is 0.760. The highest BCUT2D eigenvalue weighted by Gasteiger charge is 2.05. The van der Waals surface area contributed by atoms with Crippen molar-refractivity contribution in [1.82, 2.24) is 4.57 Å². The molecule has 0 aliphatic heterocycles. The molecule has 0 unspecified atom stereocenters. The Morgan fingerprint density at radius 1 is 1.21 bits per heavy atom. The van der Waals surface area contributed by atoms with Crippen molar-refractivity contribution >= 4 is 12.0 Å². The molecular formula is C16H17NO2. The maximum Gasteiger partial charge on any atom is 0.328 e. The molecule has 0 atom stereocenters. The number of nitrogens with zero attached hydrogens (tertiary/aromatic N) is 1. The fourth-order valence-corrected chi connectivity index (χ4v) is 2.10. The highest BCUT2D eigenvalue weighted by Crippen LogP contribution is 2.15. The number of hydrogen-bond donors (Lipinski definition) is 1. The predicted molar refractivity (Wildman–Crippen MR) is 76.0 cm³/mol. The van der Waals surface area contributed by atoms with Crippen LogP contribution in [0.25, 0.3) is 6.08 Å². The van der Waals surface area contributed by atoms with Crippen LogP contribution in [0, 0.1) is 0 Å². The van der Waals surface area contributed by atoms with Gasteiger partial charge in [0.1, 0.15) is 0 Å². The topological polar surface area (TPSA) is 42.2 Å². The highest BCUT2D eigenvalue weighted by atomic mass is 16.4. The molecule has 0 aliphatic rings. The summed E-state index contributed by atoms with van der Waals surface area (Å²) in [5, 5.41) is 8.72. The van der Waals surface area contributed by atoms with Gasteiger partial charge in [-0.05, 0) is 30.2 Å². The number of rotatable bonds is 5. The minimum atomic E-state index is -0.925. The largest absolute Gasteiger partial charge is 0.478 e. The Hall–Kier alpha value is -2.29. The molecule has 1 N–H and O–H groups in total. The Morgan fingerprint density at radius 2 is 1.95 bits per heavy atom. The fourth-order valence-electron chi connectivity index (χ4n) is 2.10. The van der Waals surface area contributed by atoms with E-state index in [1.165, 1.54) is 17.3 Å². The number of aliphatic carboxylic acids is 1. The molecule has 1 heterocycles. The highest BCUT2D eigenvalue weighted by molar-refractivity contribution is 5.85. The lowest BCUT2D eigenvalue weighted by atomic mass is 10.2. The van der Waals surface area contributed by atoms with Crippen molar-refractivity contribution in [3.63, 3.8) is 0 Å². The van der Waals surface area contributed by atoms with E-state index in [1.807, 2.05) is 30.3 Å². The quantitative estimate of drug-likeness (QED) is 0.834. The molecule has 0 radical (unpaired) electrons. The molecule has 1 aromatic carbocycles. The van der Waals surface area contributed by atoms with Crippen LogP contribution in [-0.2, 0) is 17.8 Å². The Labute approximate surface area is 112 Å². The van der Waals surface area contributed by atoms with Gasteiger partial charge in [-0.25, -0.2) is 4.79 Å². The van der Waals surface area contributed by atoms with Crippen LogP contribution in [-0.4, -0.2) is 15.6 Å². The van der Waals surface area contributed by atoms with Crippen LogP contribution >= 0.6 is 0 Å². The van der Waals surface area contributed by atoms with Crippen molar-refractivity contribution in [2.24, 2.45) is 0 Å². The molecular weight excluding hydrogens is 238 g/mol. The normalized spacial score (nSPS) is 11.0. The number of benzene rings is 1. The number of hydrogen-bond acceptors (Lipinski definition) is 1. The smallest absolute Gasteiger partial charge is 0.328 e. The predicted octanol–water partition coefficient (Wildman–Crippen LogP) is 3.20. The molecule has 1 aromatic heterocycles. The maximum atomic E-state index is 10.6. The van der Waals surface area contributed by atoms with Crippen LogP contribution in [0.5, 0.6) is 0 Å². The molecule has 0 bridgehead atoms. The van der Waals surface area contributed by atoms with E-state index in [0.717, 1.165) is 18.7 Å². The van der Waals surface area contributed by atoms with Crippen molar-refractivity contribution in [1.29, 1.82) is 0 Å². The van der Waals surface area contributed by atoms with Gasteiger partial charge in [0.15, 0.2) is 0 Å². The molecule has 0 saturated heterocycles.